The number of allylic oxidation sites excluding steroid dienone is 1. The van der Waals surface area contributed by atoms with E-state index in [9.17, 15) is 9.90 Å². The van der Waals surface area contributed by atoms with Gasteiger partial charge in [0.1, 0.15) is 18.0 Å². The van der Waals surface area contributed by atoms with Crippen molar-refractivity contribution in [3.8, 4) is 17.2 Å². The molecule has 1 aliphatic heterocycles. The summed E-state index contributed by atoms with van der Waals surface area (Å²) in [5.74, 6) is 1.37. The number of hydrogen-bond acceptors (Lipinski definition) is 4. The van der Waals surface area contributed by atoms with Crippen molar-refractivity contribution < 1.29 is 24.3 Å². The molecule has 0 radical (unpaired) electrons. The fourth-order valence-corrected chi connectivity index (χ4v) is 3.26. The van der Waals surface area contributed by atoms with E-state index in [2.05, 4.69) is 14.0 Å². The molecule has 0 fully saturated rings. The van der Waals surface area contributed by atoms with Gasteiger partial charge in [-0.25, -0.2) is 0 Å². The Morgan fingerprint density at radius 2 is 2.00 bits per heavy atom. The van der Waals surface area contributed by atoms with Gasteiger partial charge in [0, 0.05) is 5.56 Å². The van der Waals surface area contributed by atoms with Gasteiger partial charge >= 0.3 is 0 Å². The smallest absolute Gasteiger partial charge is 0.231 e. The Kier molecular flexibility index (Phi) is 5.81. The zero-order valence-electron chi connectivity index (χ0n) is 16.0. The second kappa shape index (κ2) is 8.27. The summed E-state index contributed by atoms with van der Waals surface area (Å²) >= 11 is 0. The second-order valence-corrected chi connectivity index (χ2v) is 6.86. The third-order valence-electron chi connectivity index (χ3n) is 4.78. The SMILES string of the molecule is CCCC[NH+](C)Cc1c(O)ccc2c1O/C(=C\c1ccccc1OC)C2=O. The van der Waals surface area contributed by atoms with Crippen molar-refractivity contribution in [3.63, 3.8) is 0 Å². The molecule has 1 atom stereocenters. The number of ketones is 1. The minimum absolute atomic E-state index is 0.163. The summed E-state index contributed by atoms with van der Waals surface area (Å²) in [6.45, 7) is 3.75. The molecule has 0 saturated carbocycles. The van der Waals surface area contributed by atoms with Crippen molar-refractivity contribution in [1.82, 2.24) is 0 Å². The Labute approximate surface area is 159 Å². The lowest BCUT2D eigenvalue weighted by molar-refractivity contribution is -0.894. The summed E-state index contributed by atoms with van der Waals surface area (Å²) in [7, 11) is 3.67. The number of nitrogens with one attached hydrogen (secondary N) is 1. The second-order valence-electron chi connectivity index (χ2n) is 6.86. The number of phenols is 1. The quantitative estimate of drug-likeness (QED) is 0.738. The molecule has 0 saturated heterocycles. The van der Waals surface area contributed by atoms with E-state index in [1.807, 2.05) is 24.3 Å². The first-order chi connectivity index (χ1) is 13.0. The molecule has 2 aromatic rings. The number of rotatable bonds is 7. The molecule has 3 rings (SSSR count). The number of methoxy groups -OCH3 is 1. The lowest BCUT2D eigenvalue weighted by atomic mass is 10.0. The van der Waals surface area contributed by atoms with Crippen LogP contribution in [0.15, 0.2) is 42.2 Å². The van der Waals surface area contributed by atoms with E-state index in [4.69, 9.17) is 9.47 Å². The van der Waals surface area contributed by atoms with Crippen molar-refractivity contribution in [1.29, 1.82) is 0 Å². The van der Waals surface area contributed by atoms with Gasteiger partial charge in [-0.05, 0) is 30.7 Å². The van der Waals surface area contributed by atoms with Gasteiger partial charge in [0.2, 0.25) is 5.78 Å². The average Bonchev–Trinajstić information content (AvgIpc) is 2.99. The molecule has 0 spiro atoms. The summed E-state index contributed by atoms with van der Waals surface area (Å²) in [6.07, 6.45) is 3.92. The topological polar surface area (TPSA) is 60.2 Å². The van der Waals surface area contributed by atoms with Crippen LogP contribution in [0.25, 0.3) is 6.08 Å². The van der Waals surface area contributed by atoms with Crippen LogP contribution in [-0.2, 0) is 6.54 Å². The van der Waals surface area contributed by atoms with E-state index < -0.39 is 0 Å². The van der Waals surface area contributed by atoms with Crippen LogP contribution in [-0.4, -0.2) is 31.6 Å². The highest BCUT2D eigenvalue weighted by atomic mass is 16.5. The van der Waals surface area contributed by atoms with Gasteiger partial charge in [0.25, 0.3) is 0 Å². The minimum atomic E-state index is -0.177. The molecular formula is C22H26NO4+. The number of ether oxygens (including phenoxy) is 2. The van der Waals surface area contributed by atoms with Crippen molar-refractivity contribution in [2.24, 2.45) is 0 Å². The highest BCUT2D eigenvalue weighted by Crippen LogP contribution is 2.39. The number of hydrogen-bond donors (Lipinski definition) is 2. The van der Waals surface area contributed by atoms with Crippen LogP contribution in [0.4, 0.5) is 0 Å². The number of unbranched alkanes of at least 4 members (excludes halogenated alkanes) is 1. The Bertz CT molecular complexity index is 873. The molecule has 0 aromatic heterocycles. The van der Waals surface area contributed by atoms with Crippen LogP contribution in [0.2, 0.25) is 0 Å². The van der Waals surface area contributed by atoms with E-state index in [0.29, 0.717) is 29.2 Å². The Hall–Kier alpha value is -2.79. The summed E-state index contributed by atoms with van der Waals surface area (Å²) in [4.78, 5) is 14.1. The lowest BCUT2D eigenvalue weighted by Gasteiger charge is -2.16. The zero-order chi connectivity index (χ0) is 19.4. The molecule has 2 N–H and O–H groups in total. The fourth-order valence-electron chi connectivity index (χ4n) is 3.26. The standard InChI is InChI=1S/C22H25NO4/c1-4-5-12-23(2)14-17-18(24)11-10-16-21(25)20(27-22(16)17)13-15-8-6-7-9-19(15)26-3/h6-11,13,24H,4-5,12,14H2,1-3H3/p+1/b20-13-. The van der Waals surface area contributed by atoms with Crippen LogP contribution in [0.1, 0.15) is 41.3 Å². The van der Waals surface area contributed by atoms with Gasteiger partial charge in [0.05, 0.1) is 31.8 Å². The largest absolute Gasteiger partial charge is 0.507 e. The van der Waals surface area contributed by atoms with Gasteiger partial charge in [-0.15, -0.1) is 0 Å². The van der Waals surface area contributed by atoms with Crippen LogP contribution >= 0.6 is 0 Å². The van der Waals surface area contributed by atoms with E-state index in [0.717, 1.165) is 24.9 Å². The number of aromatic hydroxyl groups is 1. The molecule has 0 aliphatic carbocycles. The fraction of sp³-hybridized carbons (Fsp3) is 0.318. The molecule has 5 heteroatoms. The molecule has 1 heterocycles. The van der Waals surface area contributed by atoms with E-state index in [-0.39, 0.29) is 17.3 Å². The molecule has 27 heavy (non-hydrogen) atoms. The van der Waals surface area contributed by atoms with Crippen LogP contribution in [0, 0.1) is 0 Å². The highest BCUT2D eigenvalue weighted by molar-refractivity contribution is 6.15. The summed E-state index contributed by atoms with van der Waals surface area (Å²) in [6, 6.07) is 10.7. The van der Waals surface area contributed by atoms with Gasteiger partial charge in [-0.3, -0.25) is 4.79 Å². The number of carbonyl (C=O) groups excluding carboxylic acids is 1. The Morgan fingerprint density at radius 1 is 1.22 bits per heavy atom. The molecule has 1 unspecified atom stereocenters. The van der Waals surface area contributed by atoms with Crippen molar-refractivity contribution in [3.05, 3.63) is 58.8 Å². The van der Waals surface area contributed by atoms with Crippen LogP contribution in [0.3, 0.4) is 0 Å². The lowest BCUT2D eigenvalue weighted by Crippen LogP contribution is -3.07. The third-order valence-corrected chi connectivity index (χ3v) is 4.78. The number of quaternary nitrogens is 1. The molecule has 2 aromatic carbocycles. The van der Waals surface area contributed by atoms with Gasteiger partial charge in [-0.2, -0.15) is 0 Å². The predicted molar refractivity (Wildman–Crippen MR) is 104 cm³/mol. The zero-order valence-corrected chi connectivity index (χ0v) is 16.0. The Balaban J connectivity index is 1.92. The van der Waals surface area contributed by atoms with Crippen molar-refractivity contribution >= 4 is 11.9 Å². The molecule has 142 valence electrons. The first-order valence-corrected chi connectivity index (χ1v) is 9.28. The number of phenolic OH excluding ortho intramolecular Hbond substituents is 1. The maximum Gasteiger partial charge on any atom is 0.231 e. The number of carbonyl (C=O) groups is 1. The van der Waals surface area contributed by atoms with Crippen LogP contribution in [0.5, 0.6) is 17.2 Å². The molecular weight excluding hydrogens is 342 g/mol. The maximum absolute atomic E-state index is 12.8. The van der Waals surface area contributed by atoms with Crippen molar-refractivity contribution in [2.45, 2.75) is 26.3 Å². The summed E-state index contributed by atoms with van der Waals surface area (Å²) in [5, 5.41) is 10.3. The van der Waals surface area contributed by atoms with Gasteiger partial charge < -0.3 is 19.5 Å². The third kappa shape index (κ3) is 3.98. The van der Waals surface area contributed by atoms with Gasteiger partial charge in [0.15, 0.2) is 11.5 Å². The van der Waals surface area contributed by atoms with E-state index in [1.54, 1.807) is 25.3 Å². The number of para-hydroxylation sites is 1. The van der Waals surface area contributed by atoms with Crippen LogP contribution < -0.4 is 14.4 Å². The number of fused-ring (bicyclic) bond motifs is 1. The number of Topliss-reactive ketones (excluding diaryl/α,β-unsaturated/α-hetero) is 1. The first kappa shape index (κ1) is 19.0. The first-order valence-electron chi connectivity index (χ1n) is 9.28. The monoisotopic (exact) mass is 368 g/mol. The molecule has 5 nitrogen and oxygen atoms in total. The predicted octanol–water partition coefficient (Wildman–Crippen LogP) is 2.83. The maximum atomic E-state index is 12.8. The Morgan fingerprint density at radius 3 is 2.74 bits per heavy atom. The normalized spacial score (nSPS) is 15.5. The molecule has 1 aliphatic rings. The summed E-state index contributed by atoms with van der Waals surface area (Å²) in [5.41, 5.74) is 1.94. The number of benzene rings is 2. The average molecular weight is 368 g/mol. The molecule has 0 amide bonds. The minimum Gasteiger partial charge on any atom is -0.507 e. The highest BCUT2D eigenvalue weighted by Gasteiger charge is 2.32. The van der Waals surface area contributed by atoms with Gasteiger partial charge in [-0.1, -0.05) is 31.5 Å². The van der Waals surface area contributed by atoms with E-state index >= 15 is 0 Å². The molecule has 0 bridgehead atoms. The summed E-state index contributed by atoms with van der Waals surface area (Å²) < 4.78 is 11.3. The van der Waals surface area contributed by atoms with Crippen molar-refractivity contribution in [2.75, 3.05) is 20.7 Å². The van der Waals surface area contributed by atoms with E-state index in [1.165, 1.54) is 4.90 Å².